The normalized spacial score (nSPS) is 11.3. The highest BCUT2D eigenvalue weighted by molar-refractivity contribution is 14.0. The number of hydrogen-bond acceptors (Lipinski definition) is 4. The Labute approximate surface area is 173 Å². The fourth-order valence-corrected chi connectivity index (χ4v) is 1.94. The van der Waals surface area contributed by atoms with Crippen LogP contribution in [0.4, 0.5) is 4.79 Å². The molecule has 148 valence electrons. The molecule has 0 unspecified atom stereocenters. The lowest BCUT2D eigenvalue weighted by molar-refractivity contribution is 0.0529. The third-order valence-corrected chi connectivity index (χ3v) is 3.07. The summed E-state index contributed by atoms with van der Waals surface area (Å²) in [6.45, 7) is 12.0. The first-order valence-corrected chi connectivity index (χ1v) is 8.70. The first-order chi connectivity index (χ1) is 11.8. The van der Waals surface area contributed by atoms with Crippen LogP contribution >= 0.6 is 24.0 Å². The van der Waals surface area contributed by atoms with Crippen molar-refractivity contribution in [3.05, 3.63) is 29.6 Å². The average molecular weight is 477 g/mol. The van der Waals surface area contributed by atoms with E-state index < -0.39 is 11.7 Å². The van der Waals surface area contributed by atoms with Crippen molar-refractivity contribution in [2.24, 2.45) is 4.99 Å². The van der Waals surface area contributed by atoms with E-state index >= 15 is 0 Å². The van der Waals surface area contributed by atoms with Crippen LogP contribution in [0.5, 0.6) is 0 Å². The molecule has 0 radical (unpaired) electrons. The first-order valence-electron chi connectivity index (χ1n) is 8.70. The lowest BCUT2D eigenvalue weighted by Crippen LogP contribution is -2.42. The van der Waals surface area contributed by atoms with Crippen molar-refractivity contribution in [3.8, 4) is 0 Å². The van der Waals surface area contributed by atoms with Crippen LogP contribution in [0.3, 0.4) is 0 Å². The molecule has 8 heteroatoms. The van der Waals surface area contributed by atoms with Gasteiger partial charge in [-0.2, -0.15) is 0 Å². The van der Waals surface area contributed by atoms with Gasteiger partial charge in [0.1, 0.15) is 5.60 Å². The number of alkyl carbamates (subject to hydrolysis) is 1. The molecule has 0 aromatic carbocycles. The summed E-state index contributed by atoms with van der Waals surface area (Å²) in [5, 5.41) is 9.08. The highest BCUT2D eigenvalue weighted by atomic mass is 127. The fourth-order valence-electron chi connectivity index (χ4n) is 1.94. The van der Waals surface area contributed by atoms with Gasteiger partial charge in [0.05, 0.1) is 0 Å². The Morgan fingerprint density at radius 3 is 2.46 bits per heavy atom. The van der Waals surface area contributed by atoms with Crippen molar-refractivity contribution in [1.29, 1.82) is 0 Å². The van der Waals surface area contributed by atoms with Crippen LogP contribution in [-0.2, 0) is 11.2 Å². The zero-order valence-electron chi connectivity index (χ0n) is 16.4. The van der Waals surface area contributed by atoms with Crippen LogP contribution in [0, 0.1) is 6.92 Å². The monoisotopic (exact) mass is 477 g/mol. The molecule has 26 heavy (non-hydrogen) atoms. The lowest BCUT2D eigenvalue weighted by atomic mass is 10.2. The molecular formula is C18H32IN5O2. The summed E-state index contributed by atoms with van der Waals surface area (Å²) in [5.74, 6) is 0.730. The van der Waals surface area contributed by atoms with Gasteiger partial charge in [-0.15, -0.1) is 24.0 Å². The molecule has 0 aliphatic carbocycles. The fraction of sp³-hybridized carbons (Fsp3) is 0.611. The molecule has 0 aliphatic heterocycles. The Morgan fingerprint density at radius 2 is 1.88 bits per heavy atom. The topological polar surface area (TPSA) is 87.6 Å². The molecule has 0 saturated heterocycles. The van der Waals surface area contributed by atoms with Crippen LogP contribution < -0.4 is 16.0 Å². The summed E-state index contributed by atoms with van der Waals surface area (Å²) >= 11 is 0. The SMILES string of the molecule is CCNC(=NCCc1ccc(C)nc1)NCCNC(=O)OC(C)(C)C.I. The molecule has 0 atom stereocenters. The summed E-state index contributed by atoms with van der Waals surface area (Å²) in [5.41, 5.74) is 1.69. The van der Waals surface area contributed by atoms with Gasteiger partial charge in [-0.1, -0.05) is 6.07 Å². The molecule has 0 fully saturated rings. The Morgan fingerprint density at radius 1 is 1.19 bits per heavy atom. The van der Waals surface area contributed by atoms with Gasteiger partial charge in [-0.25, -0.2) is 4.79 Å². The van der Waals surface area contributed by atoms with E-state index in [0.29, 0.717) is 19.6 Å². The van der Waals surface area contributed by atoms with Crippen LogP contribution in [0.25, 0.3) is 0 Å². The van der Waals surface area contributed by atoms with Gasteiger partial charge in [-0.05, 0) is 52.7 Å². The second-order valence-electron chi connectivity index (χ2n) is 6.67. The number of aliphatic imine (C=N–C) groups is 1. The van der Waals surface area contributed by atoms with Crippen molar-refractivity contribution in [2.75, 3.05) is 26.2 Å². The Hall–Kier alpha value is -1.58. The largest absolute Gasteiger partial charge is 0.444 e. The average Bonchev–Trinajstić information content (AvgIpc) is 2.51. The van der Waals surface area contributed by atoms with Crippen LogP contribution in [0.1, 0.15) is 39.0 Å². The van der Waals surface area contributed by atoms with Gasteiger partial charge in [0, 0.05) is 38.1 Å². The molecule has 1 amide bonds. The maximum atomic E-state index is 11.6. The molecule has 1 aromatic heterocycles. The third-order valence-electron chi connectivity index (χ3n) is 3.07. The predicted molar refractivity (Wildman–Crippen MR) is 116 cm³/mol. The van der Waals surface area contributed by atoms with Crippen molar-refractivity contribution >= 4 is 36.0 Å². The standard InChI is InChI=1S/C18H31N5O2.HI/c1-6-19-16(20-10-9-15-8-7-14(2)23-13-15)21-11-12-22-17(24)25-18(3,4)5;/h7-8,13H,6,9-12H2,1-5H3,(H,22,24)(H2,19,20,21);1H. The van der Waals surface area contributed by atoms with Gasteiger partial charge in [-0.3, -0.25) is 9.98 Å². The highest BCUT2D eigenvalue weighted by Gasteiger charge is 2.15. The number of amides is 1. The maximum Gasteiger partial charge on any atom is 0.407 e. The maximum absolute atomic E-state index is 11.6. The Bertz CT molecular complexity index is 556. The summed E-state index contributed by atoms with van der Waals surface area (Å²) in [6.07, 6.45) is 2.30. The predicted octanol–water partition coefficient (Wildman–Crippen LogP) is 2.63. The lowest BCUT2D eigenvalue weighted by Gasteiger charge is -2.19. The zero-order valence-corrected chi connectivity index (χ0v) is 18.7. The Balaban J connectivity index is 0.00000625. The molecule has 1 heterocycles. The molecule has 7 nitrogen and oxygen atoms in total. The number of carbonyl (C=O) groups is 1. The number of guanidine groups is 1. The first kappa shape index (κ1) is 24.4. The molecule has 0 saturated carbocycles. The van der Waals surface area contributed by atoms with Gasteiger partial charge in [0.15, 0.2) is 5.96 Å². The molecule has 1 rings (SSSR count). The second-order valence-corrected chi connectivity index (χ2v) is 6.67. The molecular weight excluding hydrogens is 445 g/mol. The van der Waals surface area contributed by atoms with Gasteiger partial charge in [0.25, 0.3) is 0 Å². The number of carbonyl (C=O) groups excluding carboxylic acids is 1. The minimum absolute atomic E-state index is 0. The van der Waals surface area contributed by atoms with E-state index in [1.165, 1.54) is 0 Å². The third kappa shape index (κ3) is 11.9. The van der Waals surface area contributed by atoms with Crippen molar-refractivity contribution < 1.29 is 9.53 Å². The van der Waals surface area contributed by atoms with E-state index in [4.69, 9.17) is 4.74 Å². The summed E-state index contributed by atoms with van der Waals surface area (Å²) in [4.78, 5) is 20.4. The van der Waals surface area contributed by atoms with Crippen molar-refractivity contribution in [1.82, 2.24) is 20.9 Å². The number of aryl methyl sites for hydroxylation is 1. The number of nitrogens with zero attached hydrogens (tertiary/aromatic N) is 2. The van der Waals surface area contributed by atoms with Crippen LogP contribution in [-0.4, -0.2) is 48.8 Å². The molecule has 0 spiro atoms. The number of hydrogen-bond donors (Lipinski definition) is 3. The van der Waals surface area contributed by atoms with Gasteiger partial charge >= 0.3 is 6.09 Å². The van der Waals surface area contributed by atoms with Crippen LogP contribution in [0.2, 0.25) is 0 Å². The van der Waals surface area contributed by atoms with Crippen LogP contribution in [0.15, 0.2) is 23.3 Å². The quantitative estimate of drug-likeness (QED) is 0.243. The number of nitrogens with one attached hydrogen (secondary N) is 3. The molecule has 0 aliphatic rings. The van der Waals surface area contributed by atoms with E-state index in [0.717, 1.165) is 30.2 Å². The second kappa shape index (κ2) is 12.7. The van der Waals surface area contributed by atoms with Crippen molar-refractivity contribution in [3.63, 3.8) is 0 Å². The summed E-state index contributed by atoms with van der Waals surface area (Å²) in [6, 6.07) is 4.08. The smallest absolute Gasteiger partial charge is 0.407 e. The van der Waals surface area contributed by atoms with Gasteiger partial charge < -0.3 is 20.7 Å². The molecule has 0 bridgehead atoms. The minimum Gasteiger partial charge on any atom is -0.444 e. The van der Waals surface area contributed by atoms with E-state index in [2.05, 4.69) is 32.0 Å². The number of halogens is 1. The van der Waals surface area contributed by atoms with Crippen molar-refractivity contribution in [2.45, 2.75) is 46.6 Å². The number of aromatic nitrogens is 1. The number of rotatable bonds is 7. The number of pyridine rings is 1. The molecule has 1 aromatic rings. The van der Waals surface area contributed by atoms with E-state index in [1.807, 2.05) is 46.9 Å². The Kier molecular flexibility index (Phi) is 11.9. The zero-order chi connectivity index (χ0) is 18.7. The minimum atomic E-state index is -0.487. The summed E-state index contributed by atoms with van der Waals surface area (Å²) in [7, 11) is 0. The summed E-state index contributed by atoms with van der Waals surface area (Å²) < 4.78 is 5.18. The van der Waals surface area contributed by atoms with E-state index in [9.17, 15) is 4.79 Å². The number of ether oxygens (including phenoxy) is 1. The van der Waals surface area contributed by atoms with E-state index in [-0.39, 0.29) is 24.0 Å². The van der Waals surface area contributed by atoms with Gasteiger partial charge in [0.2, 0.25) is 0 Å². The van der Waals surface area contributed by atoms with E-state index in [1.54, 1.807) is 0 Å². The molecule has 3 N–H and O–H groups in total. The highest BCUT2D eigenvalue weighted by Crippen LogP contribution is 2.06.